The molecule has 0 bridgehead atoms. The number of rotatable bonds is 2. The third kappa shape index (κ3) is 2.36. The van der Waals surface area contributed by atoms with Crippen molar-refractivity contribution >= 4 is 5.82 Å². The first kappa shape index (κ1) is 13.7. The van der Waals surface area contributed by atoms with Crippen LogP contribution in [0.3, 0.4) is 0 Å². The summed E-state index contributed by atoms with van der Waals surface area (Å²) in [6.07, 6.45) is 2.05. The largest absolute Gasteiger partial charge is 0.373 e. The molecule has 2 aliphatic rings. The number of morpholine rings is 1. The summed E-state index contributed by atoms with van der Waals surface area (Å²) in [6, 6.07) is 4.33. The van der Waals surface area contributed by atoms with E-state index in [2.05, 4.69) is 32.0 Å². The van der Waals surface area contributed by atoms with Crippen LogP contribution in [0.5, 0.6) is 0 Å². The van der Waals surface area contributed by atoms with Gasteiger partial charge in [0, 0.05) is 31.4 Å². The van der Waals surface area contributed by atoms with Crippen molar-refractivity contribution in [2.75, 3.05) is 38.2 Å². The third-order valence-corrected chi connectivity index (χ3v) is 4.42. The van der Waals surface area contributed by atoms with Crippen LogP contribution in [0.2, 0.25) is 0 Å². The second kappa shape index (κ2) is 5.33. The topological polar surface area (TPSA) is 67.5 Å². The smallest absolute Gasteiger partial charge is 0.258 e. The Morgan fingerprint density at radius 2 is 2.23 bits per heavy atom. The van der Waals surface area contributed by atoms with E-state index < -0.39 is 0 Å². The minimum Gasteiger partial charge on any atom is -0.373 e. The fraction of sp³-hybridized carbons (Fsp3) is 0.533. The van der Waals surface area contributed by atoms with Crippen LogP contribution in [-0.4, -0.2) is 65.5 Å². The van der Waals surface area contributed by atoms with Crippen molar-refractivity contribution in [1.82, 2.24) is 20.0 Å². The van der Waals surface area contributed by atoms with E-state index in [0.717, 1.165) is 37.6 Å². The van der Waals surface area contributed by atoms with Gasteiger partial charge in [-0.3, -0.25) is 4.90 Å². The van der Waals surface area contributed by atoms with E-state index in [-0.39, 0.29) is 6.10 Å². The molecule has 2 fully saturated rings. The number of hydrogen-bond acceptors (Lipinski definition) is 7. The fourth-order valence-corrected chi connectivity index (χ4v) is 3.18. The summed E-state index contributed by atoms with van der Waals surface area (Å²) >= 11 is 0. The van der Waals surface area contributed by atoms with Crippen LogP contribution in [0.1, 0.15) is 5.82 Å². The molecule has 7 heteroatoms. The van der Waals surface area contributed by atoms with Crippen molar-refractivity contribution in [1.29, 1.82) is 0 Å². The first-order chi connectivity index (χ1) is 10.7. The number of nitrogens with zero attached hydrogens (tertiary/aromatic N) is 5. The minimum absolute atomic E-state index is 0.259. The van der Waals surface area contributed by atoms with E-state index in [1.54, 1.807) is 6.20 Å². The average molecular weight is 301 g/mol. The maximum atomic E-state index is 5.89. The molecule has 0 N–H and O–H groups in total. The number of fused-ring (bicyclic) bond motifs is 1. The van der Waals surface area contributed by atoms with Gasteiger partial charge in [-0.2, -0.15) is 4.98 Å². The number of pyridine rings is 1. The van der Waals surface area contributed by atoms with Crippen LogP contribution in [-0.2, 0) is 4.74 Å². The van der Waals surface area contributed by atoms with Gasteiger partial charge < -0.3 is 14.2 Å². The molecule has 7 nitrogen and oxygen atoms in total. The Labute approximate surface area is 128 Å². The first-order valence-corrected chi connectivity index (χ1v) is 7.54. The molecule has 0 spiro atoms. The summed E-state index contributed by atoms with van der Waals surface area (Å²) < 4.78 is 11.1. The van der Waals surface area contributed by atoms with Crippen LogP contribution >= 0.6 is 0 Å². The Morgan fingerprint density at radius 1 is 1.32 bits per heavy atom. The molecule has 4 heterocycles. The Hall–Kier alpha value is -1.99. The Kier molecular flexibility index (Phi) is 3.31. The lowest BCUT2D eigenvalue weighted by Gasteiger charge is -2.33. The molecule has 2 unspecified atom stereocenters. The lowest BCUT2D eigenvalue weighted by Crippen LogP contribution is -2.48. The van der Waals surface area contributed by atoms with Crippen molar-refractivity contribution in [2.24, 2.45) is 0 Å². The fourth-order valence-electron chi connectivity index (χ4n) is 3.18. The highest BCUT2D eigenvalue weighted by atomic mass is 16.5. The molecule has 2 aromatic heterocycles. The van der Waals surface area contributed by atoms with E-state index in [1.165, 1.54) is 0 Å². The summed E-state index contributed by atoms with van der Waals surface area (Å²) in [6.45, 7) is 5.41. The van der Waals surface area contributed by atoms with Crippen LogP contribution in [0, 0.1) is 6.92 Å². The van der Waals surface area contributed by atoms with Gasteiger partial charge in [0.25, 0.3) is 5.89 Å². The zero-order chi connectivity index (χ0) is 15.1. The monoisotopic (exact) mass is 301 g/mol. The van der Waals surface area contributed by atoms with Gasteiger partial charge in [-0.1, -0.05) is 5.16 Å². The molecule has 22 heavy (non-hydrogen) atoms. The van der Waals surface area contributed by atoms with Gasteiger partial charge in [0.2, 0.25) is 0 Å². The number of aryl methyl sites for hydroxylation is 1. The van der Waals surface area contributed by atoms with Crippen molar-refractivity contribution in [3.63, 3.8) is 0 Å². The standard InChI is InChI=1S/C15H19N5O2/c1-10-17-15(22-18-10)11-3-4-16-14(7-11)20-8-12-13(9-20)21-6-5-19(12)2/h3-4,7,12-13H,5-6,8-9H2,1-2H3. The van der Waals surface area contributed by atoms with E-state index in [0.29, 0.717) is 17.8 Å². The number of likely N-dealkylation sites (N-methyl/N-ethyl adjacent to an activating group) is 1. The highest BCUT2D eigenvalue weighted by molar-refractivity contribution is 5.59. The highest BCUT2D eigenvalue weighted by Gasteiger charge is 2.39. The molecular formula is C15H19N5O2. The van der Waals surface area contributed by atoms with Gasteiger partial charge >= 0.3 is 0 Å². The molecule has 0 radical (unpaired) electrons. The predicted molar refractivity (Wildman–Crippen MR) is 80.6 cm³/mol. The Morgan fingerprint density at radius 3 is 3.00 bits per heavy atom. The molecule has 0 aromatic carbocycles. The van der Waals surface area contributed by atoms with Gasteiger partial charge in [0.15, 0.2) is 5.82 Å². The van der Waals surface area contributed by atoms with Crippen molar-refractivity contribution in [3.8, 4) is 11.5 Å². The van der Waals surface area contributed by atoms with Crippen LogP contribution in [0.15, 0.2) is 22.9 Å². The molecule has 2 aromatic rings. The summed E-state index contributed by atoms with van der Waals surface area (Å²) in [5.41, 5.74) is 0.898. The van der Waals surface area contributed by atoms with E-state index >= 15 is 0 Å². The Balaban J connectivity index is 1.58. The van der Waals surface area contributed by atoms with Crippen molar-refractivity contribution < 1.29 is 9.26 Å². The van der Waals surface area contributed by atoms with Gasteiger partial charge in [-0.15, -0.1) is 0 Å². The predicted octanol–water partition coefficient (Wildman–Crippen LogP) is 0.959. The minimum atomic E-state index is 0.259. The molecule has 0 aliphatic carbocycles. The summed E-state index contributed by atoms with van der Waals surface area (Å²) in [5.74, 6) is 2.10. The lowest BCUT2D eigenvalue weighted by molar-refractivity contribution is -0.0362. The van der Waals surface area contributed by atoms with Gasteiger partial charge in [-0.25, -0.2) is 4.98 Å². The number of aromatic nitrogens is 3. The molecule has 0 amide bonds. The average Bonchev–Trinajstić information content (AvgIpc) is 3.14. The third-order valence-electron chi connectivity index (χ3n) is 4.42. The van der Waals surface area contributed by atoms with Crippen molar-refractivity contribution in [2.45, 2.75) is 19.1 Å². The molecular weight excluding hydrogens is 282 g/mol. The number of anilines is 1. The molecule has 4 rings (SSSR count). The molecule has 2 aliphatic heterocycles. The normalized spacial score (nSPS) is 25.5. The molecule has 116 valence electrons. The lowest BCUT2D eigenvalue weighted by atomic mass is 10.1. The van der Waals surface area contributed by atoms with Gasteiger partial charge in [0.05, 0.1) is 18.8 Å². The first-order valence-electron chi connectivity index (χ1n) is 7.54. The number of ether oxygens (including phenoxy) is 1. The second-order valence-corrected chi connectivity index (χ2v) is 5.91. The number of hydrogen-bond donors (Lipinski definition) is 0. The second-order valence-electron chi connectivity index (χ2n) is 5.91. The zero-order valence-electron chi connectivity index (χ0n) is 12.8. The van der Waals surface area contributed by atoms with E-state index in [4.69, 9.17) is 9.26 Å². The van der Waals surface area contributed by atoms with Gasteiger partial charge in [-0.05, 0) is 26.1 Å². The SMILES string of the molecule is Cc1noc(-c2ccnc(N3CC4OCCN(C)C4C3)c2)n1. The van der Waals surface area contributed by atoms with Gasteiger partial charge in [0.1, 0.15) is 5.82 Å². The molecule has 2 atom stereocenters. The maximum Gasteiger partial charge on any atom is 0.258 e. The van der Waals surface area contributed by atoms with Crippen molar-refractivity contribution in [3.05, 3.63) is 24.2 Å². The summed E-state index contributed by atoms with van der Waals surface area (Å²) in [4.78, 5) is 13.4. The van der Waals surface area contributed by atoms with Crippen LogP contribution in [0.4, 0.5) is 5.82 Å². The zero-order valence-corrected chi connectivity index (χ0v) is 12.8. The summed E-state index contributed by atoms with van der Waals surface area (Å²) in [5, 5.41) is 3.84. The highest BCUT2D eigenvalue weighted by Crippen LogP contribution is 2.28. The maximum absolute atomic E-state index is 5.89. The van der Waals surface area contributed by atoms with Crippen LogP contribution < -0.4 is 4.90 Å². The molecule has 2 saturated heterocycles. The molecule has 0 saturated carbocycles. The van der Waals surface area contributed by atoms with Crippen LogP contribution in [0.25, 0.3) is 11.5 Å². The quantitative estimate of drug-likeness (QED) is 0.818. The van der Waals surface area contributed by atoms with E-state index in [9.17, 15) is 0 Å². The Bertz CT molecular complexity index is 673. The summed E-state index contributed by atoms with van der Waals surface area (Å²) in [7, 11) is 2.16. The van der Waals surface area contributed by atoms with E-state index in [1.807, 2.05) is 19.1 Å².